The van der Waals surface area contributed by atoms with E-state index in [0.29, 0.717) is 45.5 Å². The molecule has 0 N–H and O–H groups in total. The molecule has 2 aromatic heterocycles. The molecule has 4 aromatic rings. The zero-order valence-corrected chi connectivity index (χ0v) is 42.8. The molecule has 1 amide bonds. The van der Waals surface area contributed by atoms with Gasteiger partial charge in [-0.05, 0) is 67.1 Å². The summed E-state index contributed by atoms with van der Waals surface area (Å²) < 4.78 is 28.3. The third kappa shape index (κ3) is 10.8. The Morgan fingerprint density at radius 3 is 2.28 bits per heavy atom. The highest BCUT2D eigenvalue weighted by Gasteiger charge is 2.57. The first-order valence-corrected chi connectivity index (χ1v) is 25.7. The van der Waals surface area contributed by atoms with E-state index in [0.717, 1.165) is 47.9 Å². The molecule has 2 aromatic carbocycles. The third-order valence-corrected chi connectivity index (χ3v) is 16.7. The lowest BCUT2D eigenvalue weighted by molar-refractivity contribution is -0.945. The highest BCUT2D eigenvalue weighted by molar-refractivity contribution is 8.00. The molecule has 72 heavy (non-hydrogen) atoms. The fourth-order valence-corrected chi connectivity index (χ4v) is 12.6. The lowest BCUT2D eigenvalue weighted by atomic mass is 9.84. The lowest BCUT2D eigenvalue weighted by Crippen LogP contribution is -2.64. The maximum atomic E-state index is 14.5. The van der Waals surface area contributed by atoms with Crippen LogP contribution in [0, 0.1) is 25.7 Å². The molecule has 4 radical (unpaired) electrons. The van der Waals surface area contributed by atoms with Gasteiger partial charge in [0, 0.05) is 67.8 Å². The topological polar surface area (TPSA) is 191 Å². The first kappa shape index (κ1) is 52.2. The number of benzene rings is 2. The Kier molecular flexibility index (Phi) is 16.1. The molecule has 21 heteroatoms. The summed E-state index contributed by atoms with van der Waals surface area (Å²) in [6.07, 6.45) is 3.93. The number of rotatable bonds is 21. The van der Waals surface area contributed by atoms with E-state index < -0.39 is 41.0 Å². The van der Waals surface area contributed by atoms with Crippen LogP contribution in [-0.2, 0) is 46.5 Å². The van der Waals surface area contributed by atoms with Crippen LogP contribution in [0.1, 0.15) is 89.7 Å². The summed E-state index contributed by atoms with van der Waals surface area (Å²) in [6, 6.07) is 14.8. The van der Waals surface area contributed by atoms with Gasteiger partial charge in [0.2, 0.25) is 17.4 Å². The van der Waals surface area contributed by atoms with Gasteiger partial charge in [0.25, 0.3) is 0 Å². The Morgan fingerprint density at radius 1 is 0.944 bits per heavy atom. The van der Waals surface area contributed by atoms with Crippen LogP contribution in [0.4, 0.5) is 0 Å². The molecule has 0 saturated carbocycles. The molecule has 4 aliphatic rings. The molecular formula is C51H56B2N5O12S2+. The van der Waals surface area contributed by atoms with Crippen molar-refractivity contribution < 1.29 is 56.8 Å². The Hall–Kier alpha value is -6.18. The van der Waals surface area contributed by atoms with Gasteiger partial charge in [-0.1, -0.05) is 30.3 Å². The number of nitrogens with zero attached hydrogens (tertiary/aromatic N) is 5. The summed E-state index contributed by atoms with van der Waals surface area (Å²) in [6.45, 7) is 6.32. The predicted molar refractivity (Wildman–Crippen MR) is 270 cm³/mol. The zero-order valence-electron chi connectivity index (χ0n) is 41.1. The number of piperidine rings is 1. The van der Waals surface area contributed by atoms with Gasteiger partial charge in [0.05, 0.1) is 61.5 Å². The number of aryl methyl sites for hydroxylation is 2. The van der Waals surface area contributed by atoms with Crippen LogP contribution in [-0.4, -0.2) is 127 Å². The molecule has 2 bridgehead atoms. The minimum absolute atomic E-state index is 0.0377. The van der Waals surface area contributed by atoms with E-state index in [-0.39, 0.29) is 77.9 Å². The number of carbonyl (C=O) groups is 5. The highest BCUT2D eigenvalue weighted by Crippen LogP contribution is 2.49. The number of methoxy groups -OCH3 is 2. The number of oxime groups is 1. The van der Waals surface area contributed by atoms with Crippen molar-refractivity contribution in [3.8, 4) is 17.2 Å². The minimum Gasteiger partial charge on any atom is -0.541 e. The van der Waals surface area contributed by atoms with E-state index in [1.807, 2.05) is 54.0 Å². The third-order valence-electron chi connectivity index (χ3n) is 14.6. The number of aromatic nitrogens is 2. The second kappa shape index (κ2) is 22.3. The molecule has 0 spiro atoms. The number of ketones is 2. The second-order valence-corrected chi connectivity index (χ2v) is 21.1. The number of Topliss-reactive ketones (excluding diaryl/α,β-unsaturated/α-hetero) is 2. The smallest absolute Gasteiger partial charge is 0.378 e. The van der Waals surface area contributed by atoms with Gasteiger partial charge >= 0.3 is 28.0 Å². The molecule has 6 heterocycles. The van der Waals surface area contributed by atoms with Gasteiger partial charge < -0.3 is 37.4 Å². The normalized spacial score (nSPS) is 22.9. The maximum absolute atomic E-state index is 14.5. The van der Waals surface area contributed by atoms with Gasteiger partial charge in [-0.2, -0.15) is 0 Å². The van der Waals surface area contributed by atoms with Crippen molar-refractivity contribution in [2.75, 3.05) is 33.6 Å². The first-order valence-electron chi connectivity index (χ1n) is 23.8. The van der Waals surface area contributed by atoms with Gasteiger partial charge in [-0.3, -0.25) is 24.1 Å². The van der Waals surface area contributed by atoms with E-state index in [9.17, 15) is 28.8 Å². The highest BCUT2D eigenvalue weighted by atomic mass is 32.2. The number of ether oxygens (including phenoxy) is 3. The van der Waals surface area contributed by atoms with Crippen molar-refractivity contribution in [2.24, 2.45) is 17.0 Å². The summed E-state index contributed by atoms with van der Waals surface area (Å²) >= 11 is 2.75. The molecule has 17 nitrogen and oxygen atoms in total. The fraction of sp³-hybridized carbons (Fsp3) is 0.451. The molecule has 2 unspecified atom stereocenters. The van der Waals surface area contributed by atoms with Crippen LogP contribution in [0.25, 0.3) is 0 Å². The largest absolute Gasteiger partial charge is 0.541 e. The van der Waals surface area contributed by atoms with E-state index in [4.69, 9.17) is 39.8 Å². The van der Waals surface area contributed by atoms with E-state index in [2.05, 4.69) is 21.8 Å². The summed E-state index contributed by atoms with van der Waals surface area (Å²) in [5.74, 6) is -1.65. The number of hydrogen-bond acceptors (Lipinski definition) is 16. The van der Waals surface area contributed by atoms with Crippen molar-refractivity contribution in [2.45, 2.75) is 102 Å². The predicted octanol–water partition coefficient (Wildman–Crippen LogP) is 5.72. The standard InChI is InChI=1S/C51H56B2N5O12S2/c1-7-44(50(63)68-52)70-55-46(39-27-71-29(3)54-39)43(61)20-38-48(62)57-47(51(64)69-53)33(26-72-49(38)57)24-58(4)34-11-12-35(58)18-31(17-34)19-41(59)40-21-42(60)45(67-25-30-8-13-36(65-5)14-9-30)23-56(40)22-32-10-15-37(66-6)16-28(32)2/h8-10,13-16,21,23,27,31,34-35,38,44,49H,7,11-12,17-20,22,24-26H2,1-6H3/q+1/b55-46-/t31?,34-,35+,38-,44+,49-,58?/m1/s1. The quantitative estimate of drug-likeness (QED) is 0.0246. The first-order chi connectivity index (χ1) is 34.6. The average molecular weight is 1020 g/mol. The summed E-state index contributed by atoms with van der Waals surface area (Å²) in [7, 11) is 15.9. The number of carbonyl (C=O) groups excluding carboxylic acids is 5. The van der Waals surface area contributed by atoms with Crippen LogP contribution in [0.2, 0.25) is 0 Å². The molecule has 3 fully saturated rings. The van der Waals surface area contributed by atoms with Crippen molar-refractivity contribution in [1.82, 2.24) is 14.5 Å². The number of amides is 1. The fourth-order valence-electron chi connectivity index (χ4n) is 10.6. The van der Waals surface area contributed by atoms with E-state index in [1.165, 1.54) is 34.1 Å². The number of hydrogen-bond donors (Lipinski definition) is 0. The number of β-lactam (4-membered cyclic amide) rings is 1. The average Bonchev–Trinajstić information content (AvgIpc) is 3.85. The van der Waals surface area contributed by atoms with Crippen LogP contribution in [0.3, 0.4) is 0 Å². The van der Waals surface area contributed by atoms with Crippen LogP contribution >= 0.6 is 23.1 Å². The maximum Gasteiger partial charge on any atom is 0.378 e. The number of pyridine rings is 1. The number of quaternary nitrogens is 1. The number of thioether (sulfide) groups is 1. The SMILES string of the molecule is [B]OC(=O)C1=C(C[N+]2(C)[C@@H]3CC[C@H]2CC(CC(=O)c2cc(=O)c(OCc4ccc(OC)cc4)cn2Cc2ccc(OC)cc2C)C3)CS[C@@H]2[C@H](CC(=O)/C(=N\O[C@@H](CC)C(=O)O[B])c3csc(C)n3)C(=O)N12. The number of thiazole rings is 1. The molecule has 7 atom stereocenters. The van der Waals surface area contributed by atoms with Gasteiger partial charge in [-0.25, -0.2) is 14.6 Å². The lowest BCUT2D eigenvalue weighted by Gasteiger charge is -2.52. The van der Waals surface area contributed by atoms with Crippen LogP contribution in [0.5, 0.6) is 17.2 Å². The Morgan fingerprint density at radius 2 is 1.65 bits per heavy atom. The Bertz CT molecular complexity index is 2860. The van der Waals surface area contributed by atoms with Crippen LogP contribution in [0.15, 0.2) is 81.3 Å². The molecule has 0 aliphatic carbocycles. The number of likely N-dealkylation sites (N-methyl/N-ethyl adjacent to an activating group) is 1. The molecule has 4 aliphatic heterocycles. The van der Waals surface area contributed by atoms with Crippen molar-refractivity contribution in [3.63, 3.8) is 0 Å². The Labute approximate surface area is 428 Å². The van der Waals surface area contributed by atoms with Crippen molar-refractivity contribution >= 4 is 74.3 Å². The number of fused-ring (bicyclic) bond motifs is 3. The van der Waals surface area contributed by atoms with Gasteiger partial charge in [0.1, 0.15) is 36.0 Å². The zero-order chi connectivity index (χ0) is 51.4. The summed E-state index contributed by atoms with van der Waals surface area (Å²) in [5, 5.41) is 5.75. The van der Waals surface area contributed by atoms with Gasteiger partial charge in [0.15, 0.2) is 23.0 Å². The molecule has 3 saturated heterocycles. The molecule has 8 rings (SSSR count). The monoisotopic (exact) mass is 1020 g/mol. The second-order valence-electron chi connectivity index (χ2n) is 18.9. The summed E-state index contributed by atoms with van der Waals surface area (Å²) in [4.78, 5) is 92.9. The van der Waals surface area contributed by atoms with E-state index >= 15 is 0 Å². The molecular weight excluding hydrogens is 960 g/mol. The van der Waals surface area contributed by atoms with Gasteiger partial charge in [-0.15, -0.1) is 23.1 Å². The molecule has 374 valence electrons. The minimum atomic E-state index is -1.17. The van der Waals surface area contributed by atoms with Crippen LogP contribution < -0.4 is 19.6 Å². The summed E-state index contributed by atoms with van der Waals surface area (Å²) in [5.41, 5.74) is 3.57. The Balaban J connectivity index is 0.973. The van der Waals surface area contributed by atoms with Crippen molar-refractivity contribution in [1.29, 1.82) is 0 Å². The van der Waals surface area contributed by atoms with E-state index in [1.54, 1.807) is 39.6 Å². The van der Waals surface area contributed by atoms with Crippen molar-refractivity contribution in [3.05, 3.63) is 115 Å².